The monoisotopic (exact) mass is 384 g/mol. The van der Waals surface area contributed by atoms with Crippen molar-refractivity contribution in [1.82, 2.24) is 0 Å². The van der Waals surface area contributed by atoms with Gasteiger partial charge in [0.05, 0.1) is 0 Å². The molecule has 3 rings (SSSR count). The molecule has 0 saturated carbocycles. The summed E-state index contributed by atoms with van der Waals surface area (Å²) in [6.07, 6.45) is 2.63. The van der Waals surface area contributed by atoms with Crippen molar-refractivity contribution in [2.45, 2.75) is 26.3 Å². The molecular formula is C16H18BrClN2S. The molecule has 1 aromatic heterocycles. The summed E-state index contributed by atoms with van der Waals surface area (Å²) >= 11 is 11.1. The van der Waals surface area contributed by atoms with Gasteiger partial charge in [-0.3, -0.25) is 0 Å². The second kappa shape index (κ2) is 6.59. The van der Waals surface area contributed by atoms with E-state index >= 15 is 0 Å². The van der Waals surface area contributed by atoms with Gasteiger partial charge in [0.1, 0.15) is 4.34 Å². The number of thiophene rings is 1. The Labute approximate surface area is 143 Å². The lowest BCUT2D eigenvalue weighted by Crippen LogP contribution is -2.17. The third-order valence-corrected chi connectivity index (χ3v) is 6.31. The van der Waals surface area contributed by atoms with Gasteiger partial charge in [0.2, 0.25) is 0 Å². The normalized spacial score (nSPS) is 14.7. The van der Waals surface area contributed by atoms with E-state index in [0.29, 0.717) is 0 Å². The van der Waals surface area contributed by atoms with E-state index in [1.165, 1.54) is 47.7 Å². The fourth-order valence-corrected chi connectivity index (χ4v) is 4.41. The Morgan fingerprint density at radius 2 is 2.05 bits per heavy atom. The van der Waals surface area contributed by atoms with E-state index in [1.807, 2.05) is 0 Å². The number of benzene rings is 1. The van der Waals surface area contributed by atoms with E-state index < -0.39 is 0 Å². The van der Waals surface area contributed by atoms with E-state index in [2.05, 4.69) is 57.3 Å². The zero-order chi connectivity index (χ0) is 14.8. The second-order valence-corrected chi connectivity index (χ2v) is 7.97. The molecule has 112 valence electrons. The van der Waals surface area contributed by atoms with Gasteiger partial charge in [0.25, 0.3) is 0 Å². The summed E-state index contributed by atoms with van der Waals surface area (Å²) in [6.45, 7) is 5.35. The minimum absolute atomic E-state index is 0.805. The molecule has 0 bridgehead atoms. The van der Waals surface area contributed by atoms with Crippen LogP contribution in [0.2, 0.25) is 4.34 Å². The van der Waals surface area contributed by atoms with Crippen LogP contribution in [0.5, 0.6) is 0 Å². The van der Waals surface area contributed by atoms with Crippen LogP contribution in [0.15, 0.2) is 28.7 Å². The Bertz CT molecular complexity index is 616. The first kappa shape index (κ1) is 15.2. The van der Waals surface area contributed by atoms with E-state index in [9.17, 15) is 0 Å². The van der Waals surface area contributed by atoms with Gasteiger partial charge in [-0.25, -0.2) is 0 Å². The van der Waals surface area contributed by atoms with Crippen molar-refractivity contribution in [3.05, 3.63) is 43.5 Å². The SMILES string of the molecule is Cc1cc(N2CCCC2)ccc1NCc1cc(Br)c(Cl)s1. The molecule has 1 N–H and O–H groups in total. The first-order valence-corrected chi connectivity index (χ1v) is 9.15. The predicted octanol–water partition coefficient (Wildman–Crippen LogP) is 5.68. The molecule has 0 unspecified atom stereocenters. The van der Waals surface area contributed by atoms with E-state index in [4.69, 9.17) is 11.6 Å². The number of aryl methyl sites for hydroxylation is 1. The van der Waals surface area contributed by atoms with Gasteiger partial charge in [-0.05, 0) is 65.5 Å². The smallest absolute Gasteiger partial charge is 0.107 e. The molecule has 2 aromatic rings. The number of hydrogen-bond donors (Lipinski definition) is 1. The molecule has 1 aromatic carbocycles. The van der Waals surface area contributed by atoms with Crippen LogP contribution in [-0.2, 0) is 6.54 Å². The summed E-state index contributed by atoms with van der Waals surface area (Å²) in [5.74, 6) is 0. The second-order valence-electron chi connectivity index (χ2n) is 5.38. The molecule has 5 heteroatoms. The fraction of sp³-hybridized carbons (Fsp3) is 0.375. The molecule has 1 aliphatic rings. The topological polar surface area (TPSA) is 15.3 Å². The van der Waals surface area contributed by atoms with Gasteiger partial charge >= 0.3 is 0 Å². The molecule has 21 heavy (non-hydrogen) atoms. The van der Waals surface area contributed by atoms with Crippen LogP contribution in [0.4, 0.5) is 11.4 Å². The van der Waals surface area contributed by atoms with E-state index in [0.717, 1.165) is 15.4 Å². The van der Waals surface area contributed by atoms with Crippen molar-refractivity contribution in [2.75, 3.05) is 23.3 Å². The van der Waals surface area contributed by atoms with Crippen molar-refractivity contribution < 1.29 is 0 Å². The molecular weight excluding hydrogens is 368 g/mol. The molecule has 1 aliphatic heterocycles. The molecule has 0 atom stereocenters. The quantitative estimate of drug-likeness (QED) is 0.728. The maximum Gasteiger partial charge on any atom is 0.107 e. The highest BCUT2D eigenvalue weighted by atomic mass is 79.9. The third kappa shape index (κ3) is 3.55. The summed E-state index contributed by atoms with van der Waals surface area (Å²) in [4.78, 5) is 3.70. The fourth-order valence-electron chi connectivity index (χ4n) is 2.68. The molecule has 1 saturated heterocycles. The Morgan fingerprint density at radius 1 is 1.29 bits per heavy atom. The third-order valence-electron chi connectivity index (χ3n) is 3.83. The molecule has 0 spiro atoms. The number of hydrogen-bond acceptors (Lipinski definition) is 3. The number of anilines is 2. The zero-order valence-electron chi connectivity index (χ0n) is 12.0. The number of halogens is 2. The summed E-state index contributed by atoms with van der Waals surface area (Å²) in [7, 11) is 0. The Hall–Kier alpha value is -0.710. The van der Waals surface area contributed by atoms with E-state index in [-0.39, 0.29) is 0 Å². The zero-order valence-corrected chi connectivity index (χ0v) is 15.1. The maximum absolute atomic E-state index is 6.07. The van der Waals surface area contributed by atoms with Crippen molar-refractivity contribution >= 4 is 50.2 Å². The average molecular weight is 386 g/mol. The molecule has 0 amide bonds. The van der Waals surface area contributed by atoms with Crippen LogP contribution >= 0.6 is 38.9 Å². The van der Waals surface area contributed by atoms with Crippen molar-refractivity contribution in [2.24, 2.45) is 0 Å². The van der Waals surface area contributed by atoms with Crippen LogP contribution in [0.3, 0.4) is 0 Å². The van der Waals surface area contributed by atoms with Gasteiger partial charge in [-0.15, -0.1) is 11.3 Å². The van der Waals surface area contributed by atoms with Gasteiger partial charge in [-0.1, -0.05) is 11.6 Å². The number of nitrogens with zero attached hydrogens (tertiary/aromatic N) is 1. The standard InChI is InChI=1S/C16H18BrClN2S/c1-11-8-12(20-6-2-3-7-20)4-5-15(11)19-10-13-9-14(17)16(18)21-13/h4-5,8-9,19H,2-3,6-7,10H2,1H3. The Kier molecular flexibility index (Phi) is 4.77. The largest absolute Gasteiger partial charge is 0.380 e. The lowest BCUT2D eigenvalue weighted by atomic mass is 10.1. The highest BCUT2D eigenvalue weighted by molar-refractivity contribution is 9.10. The van der Waals surface area contributed by atoms with Crippen LogP contribution in [-0.4, -0.2) is 13.1 Å². The van der Waals surface area contributed by atoms with Crippen molar-refractivity contribution in [3.8, 4) is 0 Å². The predicted molar refractivity (Wildman–Crippen MR) is 97.0 cm³/mol. The highest BCUT2D eigenvalue weighted by Gasteiger charge is 2.13. The highest BCUT2D eigenvalue weighted by Crippen LogP contribution is 2.33. The molecule has 2 heterocycles. The summed E-state index contributed by atoms with van der Waals surface area (Å²) in [5, 5.41) is 3.50. The van der Waals surface area contributed by atoms with Crippen LogP contribution in [0, 0.1) is 6.92 Å². The molecule has 1 fully saturated rings. The van der Waals surface area contributed by atoms with Crippen LogP contribution in [0.1, 0.15) is 23.3 Å². The van der Waals surface area contributed by atoms with Gasteiger partial charge in [-0.2, -0.15) is 0 Å². The Balaban J connectivity index is 1.68. The van der Waals surface area contributed by atoms with Gasteiger partial charge < -0.3 is 10.2 Å². The van der Waals surface area contributed by atoms with Crippen molar-refractivity contribution in [1.29, 1.82) is 0 Å². The molecule has 0 radical (unpaired) electrons. The Morgan fingerprint density at radius 3 is 2.67 bits per heavy atom. The lowest BCUT2D eigenvalue weighted by molar-refractivity contribution is 0.949. The summed E-state index contributed by atoms with van der Waals surface area (Å²) in [5.41, 5.74) is 3.83. The number of rotatable bonds is 4. The van der Waals surface area contributed by atoms with Gasteiger partial charge in [0.15, 0.2) is 0 Å². The summed E-state index contributed by atoms with van der Waals surface area (Å²) in [6, 6.07) is 8.77. The average Bonchev–Trinajstić information content (AvgIpc) is 3.08. The van der Waals surface area contributed by atoms with Crippen LogP contribution in [0.25, 0.3) is 0 Å². The first-order chi connectivity index (χ1) is 10.1. The maximum atomic E-state index is 6.07. The minimum atomic E-state index is 0.805. The summed E-state index contributed by atoms with van der Waals surface area (Å²) < 4.78 is 1.79. The lowest BCUT2D eigenvalue weighted by Gasteiger charge is -2.19. The molecule has 0 aliphatic carbocycles. The van der Waals surface area contributed by atoms with Gasteiger partial charge in [0, 0.05) is 40.4 Å². The number of nitrogens with one attached hydrogen (secondary N) is 1. The first-order valence-electron chi connectivity index (χ1n) is 7.16. The van der Waals surface area contributed by atoms with E-state index in [1.54, 1.807) is 11.3 Å². The molecule has 2 nitrogen and oxygen atoms in total. The van der Waals surface area contributed by atoms with Crippen LogP contribution < -0.4 is 10.2 Å². The minimum Gasteiger partial charge on any atom is -0.380 e. The van der Waals surface area contributed by atoms with Crippen molar-refractivity contribution in [3.63, 3.8) is 0 Å².